The number of hydrogen-bond acceptors (Lipinski definition) is 5. The molecule has 5 nitrogen and oxygen atoms in total. The minimum Gasteiger partial charge on any atom is -0.496 e. The Morgan fingerprint density at radius 1 is 0.897 bits per heavy atom. The van der Waals surface area contributed by atoms with E-state index in [-0.39, 0.29) is 6.61 Å². The minimum atomic E-state index is 0.213. The van der Waals surface area contributed by atoms with Gasteiger partial charge in [0.15, 0.2) is 0 Å². The first-order chi connectivity index (χ1) is 14.1. The van der Waals surface area contributed by atoms with Crippen LogP contribution in [-0.4, -0.2) is 61.4 Å². The highest BCUT2D eigenvalue weighted by atomic mass is 16.5. The Morgan fingerprint density at radius 2 is 1.66 bits per heavy atom. The number of rotatable bonds is 8. The summed E-state index contributed by atoms with van der Waals surface area (Å²) >= 11 is 0. The van der Waals surface area contributed by atoms with Gasteiger partial charge >= 0.3 is 0 Å². The van der Waals surface area contributed by atoms with Crippen molar-refractivity contribution in [1.82, 2.24) is 9.80 Å². The third-order valence-corrected chi connectivity index (χ3v) is 6.18. The van der Waals surface area contributed by atoms with E-state index in [1.807, 2.05) is 12.1 Å². The Labute approximate surface area is 174 Å². The van der Waals surface area contributed by atoms with Crippen LogP contribution in [0.2, 0.25) is 0 Å². The fourth-order valence-corrected chi connectivity index (χ4v) is 4.27. The molecule has 0 amide bonds. The van der Waals surface area contributed by atoms with Crippen LogP contribution in [0.15, 0.2) is 36.4 Å². The molecule has 1 atom stereocenters. The highest BCUT2D eigenvalue weighted by molar-refractivity contribution is 5.43. The van der Waals surface area contributed by atoms with Crippen molar-refractivity contribution in [3.05, 3.63) is 58.7 Å². The molecule has 29 heavy (non-hydrogen) atoms. The Hall–Kier alpha value is -2.08. The van der Waals surface area contributed by atoms with Crippen molar-refractivity contribution in [2.75, 3.05) is 40.5 Å². The maximum atomic E-state index is 9.65. The van der Waals surface area contributed by atoms with Crippen LogP contribution in [0.3, 0.4) is 0 Å². The molecule has 0 bridgehead atoms. The maximum Gasteiger partial charge on any atom is 0.123 e. The van der Waals surface area contributed by atoms with E-state index in [2.05, 4.69) is 47.9 Å². The van der Waals surface area contributed by atoms with Crippen LogP contribution in [0.1, 0.15) is 28.7 Å². The molecule has 5 heteroatoms. The quantitative estimate of drug-likeness (QED) is 0.739. The molecular weight excluding hydrogens is 364 g/mol. The third-order valence-electron chi connectivity index (χ3n) is 6.18. The Kier molecular flexibility index (Phi) is 7.53. The molecule has 0 aromatic heterocycles. The number of methoxy groups -OCH3 is 2. The maximum absolute atomic E-state index is 9.65. The predicted molar refractivity (Wildman–Crippen MR) is 117 cm³/mol. The first-order valence-corrected chi connectivity index (χ1v) is 10.4. The zero-order valence-electron chi connectivity index (χ0n) is 18.1. The third kappa shape index (κ3) is 5.10. The normalized spacial score (nSPS) is 18.0. The summed E-state index contributed by atoms with van der Waals surface area (Å²) in [5, 5.41) is 9.65. The molecule has 1 saturated heterocycles. The van der Waals surface area contributed by atoms with Crippen LogP contribution in [0.25, 0.3) is 0 Å². The molecule has 3 rings (SSSR count). The highest BCUT2D eigenvalue weighted by Gasteiger charge is 2.27. The summed E-state index contributed by atoms with van der Waals surface area (Å²) in [5.41, 5.74) is 5.05. The summed E-state index contributed by atoms with van der Waals surface area (Å²) in [6.07, 6.45) is 0.788. The van der Waals surface area contributed by atoms with Crippen LogP contribution in [0, 0.1) is 13.8 Å². The van der Waals surface area contributed by atoms with E-state index in [0.717, 1.165) is 50.6 Å². The van der Waals surface area contributed by atoms with Crippen LogP contribution in [0.4, 0.5) is 0 Å². The Bertz CT molecular complexity index is 809. The molecule has 1 aliphatic rings. The lowest BCUT2D eigenvalue weighted by atomic mass is 10.00. The van der Waals surface area contributed by atoms with Gasteiger partial charge in [-0.05, 0) is 49.1 Å². The van der Waals surface area contributed by atoms with Crippen molar-refractivity contribution in [2.45, 2.75) is 39.4 Å². The monoisotopic (exact) mass is 398 g/mol. The molecule has 2 aromatic carbocycles. The van der Waals surface area contributed by atoms with E-state index in [0.29, 0.717) is 6.04 Å². The van der Waals surface area contributed by atoms with Crippen molar-refractivity contribution >= 4 is 0 Å². The van der Waals surface area contributed by atoms with Crippen molar-refractivity contribution in [3.8, 4) is 11.5 Å². The first kappa shape index (κ1) is 21.6. The number of aliphatic hydroxyl groups is 1. The van der Waals surface area contributed by atoms with Crippen LogP contribution >= 0.6 is 0 Å². The molecule has 1 aliphatic heterocycles. The van der Waals surface area contributed by atoms with Gasteiger partial charge in [-0.15, -0.1) is 0 Å². The molecule has 0 radical (unpaired) electrons. The average Bonchev–Trinajstić information content (AvgIpc) is 2.74. The van der Waals surface area contributed by atoms with E-state index >= 15 is 0 Å². The number of ether oxygens (including phenoxy) is 2. The summed E-state index contributed by atoms with van der Waals surface area (Å²) in [5.74, 6) is 1.89. The topological polar surface area (TPSA) is 45.2 Å². The van der Waals surface area contributed by atoms with Gasteiger partial charge in [0.25, 0.3) is 0 Å². The van der Waals surface area contributed by atoms with E-state index in [9.17, 15) is 5.11 Å². The molecule has 1 N–H and O–H groups in total. The van der Waals surface area contributed by atoms with Crippen LogP contribution in [-0.2, 0) is 13.1 Å². The molecule has 1 heterocycles. The summed E-state index contributed by atoms with van der Waals surface area (Å²) in [4.78, 5) is 4.99. The summed E-state index contributed by atoms with van der Waals surface area (Å²) < 4.78 is 11.0. The Morgan fingerprint density at radius 3 is 2.38 bits per heavy atom. The lowest BCUT2D eigenvalue weighted by Gasteiger charge is -2.42. The summed E-state index contributed by atoms with van der Waals surface area (Å²) in [6, 6.07) is 12.8. The summed E-state index contributed by atoms with van der Waals surface area (Å²) in [7, 11) is 3.45. The van der Waals surface area contributed by atoms with Gasteiger partial charge in [-0.3, -0.25) is 9.80 Å². The van der Waals surface area contributed by atoms with Gasteiger partial charge in [-0.2, -0.15) is 0 Å². The standard InChI is InChI=1S/C24H34N2O3/c1-18-19(2)23(28-3)10-9-20(18)16-26-13-12-25(17-22(26)11-14-27)15-21-7-5-6-8-24(21)29-4/h5-10,22,27H,11-17H2,1-4H3. The first-order valence-electron chi connectivity index (χ1n) is 10.4. The van der Waals surface area contributed by atoms with Crippen molar-refractivity contribution in [3.63, 3.8) is 0 Å². The molecule has 0 spiro atoms. The number of aliphatic hydroxyl groups excluding tert-OH is 1. The second kappa shape index (κ2) is 10.1. The second-order valence-corrected chi connectivity index (χ2v) is 7.86. The zero-order chi connectivity index (χ0) is 20.8. The lowest BCUT2D eigenvalue weighted by Crippen LogP contribution is -2.52. The van der Waals surface area contributed by atoms with Gasteiger partial charge < -0.3 is 14.6 Å². The van der Waals surface area contributed by atoms with Gasteiger partial charge in [0.05, 0.1) is 14.2 Å². The average molecular weight is 399 g/mol. The highest BCUT2D eigenvalue weighted by Crippen LogP contribution is 2.27. The predicted octanol–water partition coefficient (Wildman–Crippen LogP) is 3.39. The second-order valence-electron chi connectivity index (χ2n) is 7.86. The number of para-hydroxylation sites is 1. The van der Waals surface area contributed by atoms with Gasteiger partial charge in [-0.1, -0.05) is 24.3 Å². The van der Waals surface area contributed by atoms with Gasteiger partial charge in [0.2, 0.25) is 0 Å². The number of benzene rings is 2. The molecule has 2 aromatic rings. The zero-order valence-corrected chi connectivity index (χ0v) is 18.1. The van der Waals surface area contributed by atoms with E-state index < -0.39 is 0 Å². The number of hydrogen-bond donors (Lipinski definition) is 1. The SMILES string of the molecule is COc1ccccc1CN1CCN(Cc2ccc(OC)c(C)c2C)C(CCO)C1. The van der Waals surface area contributed by atoms with Crippen molar-refractivity contribution in [2.24, 2.45) is 0 Å². The van der Waals surface area contributed by atoms with E-state index in [1.165, 1.54) is 22.3 Å². The lowest BCUT2D eigenvalue weighted by molar-refractivity contribution is 0.0495. The number of piperazine rings is 1. The molecular formula is C24H34N2O3. The Balaban J connectivity index is 1.70. The van der Waals surface area contributed by atoms with Gasteiger partial charge in [0.1, 0.15) is 11.5 Å². The molecule has 0 aliphatic carbocycles. The molecule has 1 unspecified atom stereocenters. The van der Waals surface area contributed by atoms with Crippen molar-refractivity contribution in [1.29, 1.82) is 0 Å². The van der Waals surface area contributed by atoms with Crippen molar-refractivity contribution < 1.29 is 14.6 Å². The molecule has 0 saturated carbocycles. The van der Waals surface area contributed by atoms with E-state index in [1.54, 1.807) is 14.2 Å². The van der Waals surface area contributed by atoms with E-state index in [4.69, 9.17) is 9.47 Å². The largest absolute Gasteiger partial charge is 0.496 e. The molecule has 158 valence electrons. The fourth-order valence-electron chi connectivity index (χ4n) is 4.27. The number of nitrogens with zero attached hydrogens (tertiary/aromatic N) is 2. The summed E-state index contributed by atoms with van der Waals surface area (Å²) in [6.45, 7) is 9.24. The van der Waals surface area contributed by atoms with Crippen LogP contribution in [0.5, 0.6) is 11.5 Å². The minimum absolute atomic E-state index is 0.213. The van der Waals surface area contributed by atoms with Gasteiger partial charge in [0, 0.05) is 50.9 Å². The fraction of sp³-hybridized carbons (Fsp3) is 0.500. The van der Waals surface area contributed by atoms with Crippen LogP contribution < -0.4 is 9.47 Å². The van der Waals surface area contributed by atoms with Gasteiger partial charge in [-0.25, -0.2) is 0 Å². The smallest absolute Gasteiger partial charge is 0.123 e. The molecule has 1 fully saturated rings.